The van der Waals surface area contributed by atoms with Crippen LogP contribution in [0.4, 0.5) is 4.39 Å². The van der Waals surface area contributed by atoms with Gasteiger partial charge in [-0.1, -0.05) is 0 Å². The van der Waals surface area contributed by atoms with Gasteiger partial charge in [0.15, 0.2) is 5.69 Å². The molecule has 6 nitrogen and oxygen atoms in total. The molecule has 0 atom stereocenters. The number of piperidine rings is 1. The Bertz CT molecular complexity index is 818. The standard InChI is InChI=1S/C22H30FN5O/c1-17(2)25-13-15-26(16-14-25)19-7-10-27(11-8-19)22(29)21-9-12-28(24-21)20-5-3-18(23)4-6-20/h3-6,9,12,17,19H,7-8,10-11,13-16H2,1-2H3. The molecule has 0 bridgehead atoms. The molecule has 0 radical (unpaired) electrons. The first-order valence-corrected chi connectivity index (χ1v) is 10.6. The summed E-state index contributed by atoms with van der Waals surface area (Å²) in [5, 5.41) is 4.41. The molecule has 4 rings (SSSR count). The number of nitrogens with zero attached hydrogens (tertiary/aromatic N) is 5. The van der Waals surface area contributed by atoms with Gasteiger partial charge < -0.3 is 4.90 Å². The van der Waals surface area contributed by atoms with Crippen LogP contribution in [0.2, 0.25) is 0 Å². The number of hydrogen-bond acceptors (Lipinski definition) is 4. The van der Waals surface area contributed by atoms with E-state index in [1.165, 1.54) is 12.1 Å². The van der Waals surface area contributed by atoms with E-state index in [-0.39, 0.29) is 11.7 Å². The minimum Gasteiger partial charge on any atom is -0.337 e. The maximum Gasteiger partial charge on any atom is 0.274 e. The number of hydrogen-bond donors (Lipinski definition) is 0. The summed E-state index contributed by atoms with van der Waals surface area (Å²) in [7, 11) is 0. The van der Waals surface area contributed by atoms with Crippen molar-refractivity contribution in [2.45, 2.75) is 38.8 Å². The number of aromatic nitrogens is 2. The SMILES string of the molecule is CC(C)N1CCN(C2CCN(C(=O)c3ccn(-c4ccc(F)cc4)n3)CC2)CC1. The number of piperazine rings is 1. The van der Waals surface area contributed by atoms with Crippen LogP contribution in [-0.2, 0) is 0 Å². The summed E-state index contributed by atoms with van der Waals surface area (Å²) in [6, 6.07) is 9.02. The van der Waals surface area contributed by atoms with Crippen molar-refractivity contribution in [3.8, 4) is 5.69 Å². The Morgan fingerprint density at radius 3 is 2.28 bits per heavy atom. The highest BCUT2D eigenvalue weighted by atomic mass is 19.1. The molecule has 1 aromatic carbocycles. The Hall–Kier alpha value is -2.25. The molecule has 1 aromatic heterocycles. The zero-order valence-corrected chi connectivity index (χ0v) is 17.3. The van der Waals surface area contributed by atoms with Crippen molar-refractivity contribution in [3.05, 3.63) is 48.0 Å². The highest BCUT2D eigenvalue weighted by Gasteiger charge is 2.30. The van der Waals surface area contributed by atoms with Crippen LogP contribution in [-0.4, -0.2) is 81.7 Å². The number of halogens is 1. The number of amides is 1. The van der Waals surface area contributed by atoms with Gasteiger partial charge >= 0.3 is 0 Å². The Kier molecular flexibility index (Phi) is 5.96. The quantitative estimate of drug-likeness (QED) is 0.793. The lowest BCUT2D eigenvalue weighted by Gasteiger charge is -2.43. The zero-order valence-electron chi connectivity index (χ0n) is 17.3. The third-order valence-electron chi connectivity index (χ3n) is 6.25. The summed E-state index contributed by atoms with van der Waals surface area (Å²) in [6.07, 6.45) is 3.79. The second-order valence-electron chi connectivity index (χ2n) is 8.31. The molecule has 0 N–H and O–H groups in total. The van der Waals surface area contributed by atoms with E-state index in [9.17, 15) is 9.18 Å². The van der Waals surface area contributed by atoms with Crippen molar-refractivity contribution in [2.75, 3.05) is 39.3 Å². The molecule has 0 saturated carbocycles. The van der Waals surface area contributed by atoms with Crippen LogP contribution in [0.1, 0.15) is 37.2 Å². The van der Waals surface area contributed by atoms with E-state index in [1.807, 2.05) is 4.90 Å². The van der Waals surface area contributed by atoms with Crippen molar-refractivity contribution in [3.63, 3.8) is 0 Å². The summed E-state index contributed by atoms with van der Waals surface area (Å²) < 4.78 is 14.7. The zero-order chi connectivity index (χ0) is 20.4. The topological polar surface area (TPSA) is 44.6 Å². The average Bonchev–Trinajstić information content (AvgIpc) is 3.24. The molecule has 0 spiro atoms. The molecule has 29 heavy (non-hydrogen) atoms. The highest BCUT2D eigenvalue weighted by molar-refractivity contribution is 5.92. The van der Waals surface area contributed by atoms with Gasteiger partial charge in [0.2, 0.25) is 0 Å². The fraction of sp³-hybridized carbons (Fsp3) is 0.545. The highest BCUT2D eigenvalue weighted by Crippen LogP contribution is 2.20. The van der Waals surface area contributed by atoms with E-state index >= 15 is 0 Å². The molecule has 2 fully saturated rings. The summed E-state index contributed by atoms with van der Waals surface area (Å²) in [5.41, 5.74) is 1.18. The van der Waals surface area contributed by atoms with Gasteiger partial charge in [-0.3, -0.25) is 14.6 Å². The van der Waals surface area contributed by atoms with Gasteiger partial charge in [-0.05, 0) is 57.0 Å². The van der Waals surface area contributed by atoms with Gasteiger partial charge in [-0.15, -0.1) is 0 Å². The minimum absolute atomic E-state index is 0.0195. The number of benzene rings is 1. The fourth-order valence-corrected chi connectivity index (χ4v) is 4.39. The van der Waals surface area contributed by atoms with E-state index < -0.39 is 0 Å². The normalized spacial score (nSPS) is 19.8. The average molecular weight is 400 g/mol. The molecule has 2 saturated heterocycles. The Morgan fingerprint density at radius 2 is 1.66 bits per heavy atom. The van der Waals surface area contributed by atoms with Crippen LogP contribution in [0.25, 0.3) is 5.69 Å². The van der Waals surface area contributed by atoms with E-state index in [0.717, 1.165) is 57.8 Å². The van der Waals surface area contributed by atoms with Crippen LogP contribution < -0.4 is 0 Å². The molecule has 2 aliphatic rings. The first kappa shape index (κ1) is 20.0. The van der Waals surface area contributed by atoms with Crippen LogP contribution in [0, 0.1) is 5.82 Å². The summed E-state index contributed by atoms with van der Waals surface area (Å²) in [5.74, 6) is -0.306. The third kappa shape index (κ3) is 4.51. The van der Waals surface area contributed by atoms with Crippen LogP contribution in [0.3, 0.4) is 0 Å². The third-order valence-corrected chi connectivity index (χ3v) is 6.25. The molecule has 156 valence electrons. The van der Waals surface area contributed by atoms with Gasteiger partial charge in [0.05, 0.1) is 5.69 Å². The maximum absolute atomic E-state index is 13.1. The lowest BCUT2D eigenvalue weighted by molar-refractivity contribution is 0.0417. The first-order valence-electron chi connectivity index (χ1n) is 10.6. The molecule has 7 heteroatoms. The van der Waals surface area contributed by atoms with Crippen molar-refractivity contribution < 1.29 is 9.18 Å². The largest absolute Gasteiger partial charge is 0.337 e. The summed E-state index contributed by atoms with van der Waals surface area (Å²) in [6.45, 7) is 10.6. The predicted octanol–water partition coefficient (Wildman–Crippen LogP) is 2.64. The predicted molar refractivity (Wildman–Crippen MR) is 111 cm³/mol. The number of carbonyl (C=O) groups excluding carboxylic acids is 1. The van der Waals surface area contributed by atoms with E-state index in [2.05, 4.69) is 28.7 Å². The minimum atomic E-state index is -0.286. The molecule has 0 unspecified atom stereocenters. The fourth-order valence-electron chi connectivity index (χ4n) is 4.39. The van der Waals surface area contributed by atoms with E-state index in [0.29, 0.717) is 17.8 Å². The maximum atomic E-state index is 13.1. The van der Waals surface area contributed by atoms with Crippen molar-refractivity contribution in [1.29, 1.82) is 0 Å². The van der Waals surface area contributed by atoms with Crippen LogP contribution in [0.15, 0.2) is 36.5 Å². The van der Waals surface area contributed by atoms with E-state index in [4.69, 9.17) is 0 Å². The molecule has 2 aliphatic heterocycles. The number of carbonyl (C=O) groups is 1. The Morgan fingerprint density at radius 1 is 1.00 bits per heavy atom. The molecule has 2 aromatic rings. The number of rotatable bonds is 4. The first-order chi connectivity index (χ1) is 14.0. The van der Waals surface area contributed by atoms with Gasteiger partial charge in [-0.2, -0.15) is 5.10 Å². The lowest BCUT2D eigenvalue weighted by atomic mass is 10.0. The summed E-state index contributed by atoms with van der Waals surface area (Å²) in [4.78, 5) is 19.9. The Balaban J connectivity index is 1.31. The molecule has 3 heterocycles. The second kappa shape index (κ2) is 8.63. The molecule has 1 amide bonds. The monoisotopic (exact) mass is 399 g/mol. The lowest BCUT2D eigenvalue weighted by Crippen LogP contribution is -2.54. The van der Waals surface area contributed by atoms with Crippen LogP contribution in [0.5, 0.6) is 0 Å². The van der Waals surface area contributed by atoms with Crippen molar-refractivity contribution >= 4 is 5.91 Å². The van der Waals surface area contributed by atoms with Crippen molar-refractivity contribution in [2.24, 2.45) is 0 Å². The molecule has 0 aliphatic carbocycles. The molecular formula is C22H30FN5O. The van der Waals surface area contributed by atoms with Crippen LogP contribution >= 0.6 is 0 Å². The number of likely N-dealkylation sites (tertiary alicyclic amines) is 1. The molecular weight excluding hydrogens is 369 g/mol. The smallest absolute Gasteiger partial charge is 0.274 e. The van der Waals surface area contributed by atoms with Gasteiger partial charge in [0.25, 0.3) is 5.91 Å². The van der Waals surface area contributed by atoms with Gasteiger partial charge in [0, 0.05) is 57.5 Å². The second-order valence-corrected chi connectivity index (χ2v) is 8.31. The Labute approximate surface area is 171 Å². The summed E-state index contributed by atoms with van der Waals surface area (Å²) >= 11 is 0. The van der Waals surface area contributed by atoms with E-state index in [1.54, 1.807) is 29.1 Å². The van der Waals surface area contributed by atoms with Gasteiger partial charge in [0.1, 0.15) is 5.82 Å². The van der Waals surface area contributed by atoms with Crippen molar-refractivity contribution in [1.82, 2.24) is 24.5 Å². The van der Waals surface area contributed by atoms with Gasteiger partial charge in [-0.25, -0.2) is 9.07 Å².